The minimum atomic E-state index is 0.586. The van der Waals surface area contributed by atoms with Gasteiger partial charge in [-0.3, -0.25) is 0 Å². The lowest BCUT2D eigenvalue weighted by Crippen LogP contribution is -2.11. The molecule has 0 aromatic heterocycles. The van der Waals surface area contributed by atoms with Crippen molar-refractivity contribution in [2.75, 3.05) is 0 Å². The van der Waals surface area contributed by atoms with Gasteiger partial charge in [0.05, 0.1) is 0 Å². The van der Waals surface area contributed by atoms with Gasteiger partial charge in [0.25, 0.3) is 0 Å². The average Bonchev–Trinajstić information content (AvgIpc) is 3.01. The molecule has 2 aliphatic rings. The molecule has 1 aromatic rings. The maximum atomic E-state index is 2.39. The molecule has 0 fully saturated rings. The number of allylic oxidation sites excluding steroid dienone is 5. The summed E-state index contributed by atoms with van der Waals surface area (Å²) in [5.41, 5.74) is 4.51. The van der Waals surface area contributed by atoms with Crippen molar-refractivity contribution in [2.24, 2.45) is 5.92 Å². The molecule has 0 nitrogen and oxygen atoms in total. The fraction of sp³-hybridized carbons (Fsp3) is 0.294. The number of benzene rings is 1. The summed E-state index contributed by atoms with van der Waals surface area (Å²) in [5.74, 6) is 1.26. The Hall–Kier alpha value is -1.56. The fourth-order valence-electron chi connectivity index (χ4n) is 3.11. The van der Waals surface area contributed by atoms with E-state index in [0.29, 0.717) is 11.8 Å². The highest BCUT2D eigenvalue weighted by Crippen LogP contribution is 2.41. The van der Waals surface area contributed by atoms with Gasteiger partial charge in [0.2, 0.25) is 0 Å². The smallest absolute Gasteiger partial charge is 0.00928 e. The third-order valence-corrected chi connectivity index (χ3v) is 3.99. The summed E-state index contributed by atoms with van der Waals surface area (Å²) in [6, 6.07) is 8.79. The summed E-state index contributed by atoms with van der Waals surface area (Å²) < 4.78 is 0. The molecule has 17 heavy (non-hydrogen) atoms. The van der Waals surface area contributed by atoms with E-state index in [9.17, 15) is 0 Å². The molecule has 86 valence electrons. The second-order valence-corrected chi connectivity index (χ2v) is 4.90. The number of hydrogen-bond acceptors (Lipinski definition) is 0. The second-order valence-electron chi connectivity index (χ2n) is 4.90. The van der Waals surface area contributed by atoms with Crippen molar-refractivity contribution in [1.29, 1.82) is 0 Å². The number of rotatable bonds is 3. The van der Waals surface area contributed by atoms with Gasteiger partial charge in [-0.25, -0.2) is 0 Å². The SMILES string of the molecule is CCC(C1=CC=CC1)C1C=Cc2ccccc21. The summed E-state index contributed by atoms with van der Waals surface area (Å²) in [4.78, 5) is 0. The fourth-order valence-corrected chi connectivity index (χ4v) is 3.11. The molecule has 0 saturated heterocycles. The summed E-state index contributed by atoms with van der Waals surface area (Å²) in [6.07, 6.45) is 13.8. The highest BCUT2D eigenvalue weighted by atomic mass is 14.3. The van der Waals surface area contributed by atoms with Crippen molar-refractivity contribution in [3.8, 4) is 0 Å². The maximum Gasteiger partial charge on any atom is 0.00928 e. The predicted molar refractivity (Wildman–Crippen MR) is 73.8 cm³/mol. The van der Waals surface area contributed by atoms with Crippen LogP contribution < -0.4 is 0 Å². The Bertz CT molecular complexity index is 503. The van der Waals surface area contributed by atoms with E-state index in [4.69, 9.17) is 0 Å². The van der Waals surface area contributed by atoms with Gasteiger partial charge < -0.3 is 0 Å². The van der Waals surface area contributed by atoms with E-state index >= 15 is 0 Å². The summed E-state index contributed by atoms with van der Waals surface area (Å²) in [7, 11) is 0. The van der Waals surface area contributed by atoms with Crippen LogP contribution in [0, 0.1) is 5.92 Å². The zero-order valence-electron chi connectivity index (χ0n) is 10.3. The molecule has 0 heterocycles. The van der Waals surface area contributed by atoms with Crippen LogP contribution in [0.25, 0.3) is 6.08 Å². The molecule has 0 spiro atoms. The van der Waals surface area contributed by atoms with E-state index < -0.39 is 0 Å². The van der Waals surface area contributed by atoms with Crippen LogP contribution in [-0.4, -0.2) is 0 Å². The standard InChI is InChI=1S/C17H18/c1-2-15(13-7-3-4-8-13)17-12-11-14-9-5-6-10-16(14)17/h3-7,9-12,15,17H,2,8H2,1H3. The monoisotopic (exact) mass is 222 g/mol. The Morgan fingerprint density at radius 2 is 2.18 bits per heavy atom. The lowest BCUT2D eigenvalue weighted by atomic mass is 9.80. The van der Waals surface area contributed by atoms with Gasteiger partial charge in [0.15, 0.2) is 0 Å². The lowest BCUT2D eigenvalue weighted by molar-refractivity contribution is 0.532. The molecule has 0 heteroatoms. The summed E-state index contributed by atoms with van der Waals surface area (Å²) in [5, 5.41) is 0. The van der Waals surface area contributed by atoms with Gasteiger partial charge in [-0.2, -0.15) is 0 Å². The molecule has 0 radical (unpaired) electrons. The molecule has 0 N–H and O–H groups in total. The highest BCUT2D eigenvalue weighted by molar-refractivity contribution is 5.63. The van der Waals surface area contributed by atoms with Crippen molar-refractivity contribution < 1.29 is 0 Å². The topological polar surface area (TPSA) is 0 Å². The van der Waals surface area contributed by atoms with Crippen molar-refractivity contribution in [2.45, 2.75) is 25.7 Å². The molecular weight excluding hydrogens is 204 g/mol. The van der Waals surface area contributed by atoms with Gasteiger partial charge in [0, 0.05) is 5.92 Å². The molecule has 3 rings (SSSR count). The zero-order chi connectivity index (χ0) is 11.7. The van der Waals surface area contributed by atoms with Crippen molar-refractivity contribution in [1.82, 2.24) is 0 Å². The van der Waals surface area contributed by atoms with Crippen LogP contribution in [0.3, 0.4) is 0 Å². The largest absolute Gasteiger partial charge is 0.0805 e. The third-order valence-electron chi connectivity index (χ3n) is 3.99. The second kappa shape index (κ2) is 4.37. The van der Waals surface area contributed by atoms with E-state index in [1.54, 1.807) is 5.57 Å². The van der Waals surface area contributed by atoms with Gasteiger partial charge in [-0.05, 0) is 29.9 Å². The first kappa shape index (κ1) is 10.6. The van der Waals surface area contributed by atoms with Crippen LogP contribution in [0.1, 0.15) is 36.8 Å². The van der Waals surface area contributed by atoms with Gasteiger partial charge >= 0.3 is 0 Å². The Morgan fingerprint density at radius 1 is 1.29 bits per heavy atom. The molecular formula is C17H18. The van der Waals surface area contributed by atoms with E-state index in [-0.39, 0.29) is 0 Å². The van der Waals surface area contributed by atoms with E-state index in [1.165, 1.54) is 17.5 Å². The normalized spacial score (nSPS) is 22.6. The molecule has 2 aliphatic carbocycles. The lowest BCUT2D eigenvalue weighted by Gasteiger charge is -2.24. The van der Waals surface area contributed by atoms with Crippen LogP contribution in [0.5, 0.6) is 0 Å². The first-order valence-corrected chi connectivity index (χ1v) is 6.53. The van der Waals surface area contributed by atoms with Crippen LogP contribution in [0.4, 0.5) is 0 Å². The van der Waals surface area contributed by atoms with Crippen molar-refractivity contribution >= 4 is 6.08 Å². The molecule has 1 aromatic carbocycles. The maximum absolute atomic E-state index is 2.39. The first-order valence-electron chi connectivity index (χ1n) is 6.53. The molecule has 0 amide bonds. The van der Waals surface area contributed by atoms with E-state index in [2.05, 4.69) is 61.6 Å². The first-order chi connectivity index (χ1) is 8.40. The highest BCUT2D eigenvalue weighted by Gasteiger charge is 2.27. The Morgan fingerprint density at radius 3 is 2.94 bits per heavy atom. The number of fused-ring (bicyclic) bond motifs is 1. The van der Waals surface area contributed by atoms with Crippen LogP contribution in [-0.2, 0) is 0 Å². The molecule has 0 aliphatic heterocycles. The quantitative estimate of drug-likeness (QED) is 0.694. The zero-order valence-corrected chi connectivity index (χ0v) is 10.3. The molecule has 0 saturated carbocycles. The average molecular weight is 222 g/mol. The van der Waals surface area contributed by atoms with Gasteiger partial charge in [-0.1, -0.05) is 67.1 Å². The molecule has 2 atom stereocenters. The summed E-state index contributed by atoms with van der Waals surface area (Å²) in [6.45, 7) is 2.30. The van der Waals surface area contributed by atoms with Gasteiger partial charge in [-0.15, -0.1) is 0 Å². The van der Waals surface area contributed by atoms with Crippen molar-refractivity contribution in [3.05, 3.63) is 65.3 Å². The van der Waals surface area contributed by atoms with Crippen LogP contribution in [0.15, 0.2) is 54.1 Å². The minimum Gasteiger partial charge on any atom is -0.0805 e. The van der Waals surface area contributed by atoms with E-state index in [0.717, 1.165) is 6.42 Å². The van der Waals surface area contributed by atoms with E-state index in [1.807, 2.05) is 0 Å². The number of hydrogen-bond donors (Lipinski definition) is 0. The van der Waals surface area contributed by atoms with Crippen LogP contribution in [0.2, 0.25) is 0 Å². The summed E-state index contributed by atoms with van der Waals surface area (Å²) >= 11 is 0. The van der Waals surface area contributed by atoms with Crippen LogP contribution >= 0.6 is 0 Å². The van der Waals surface area contributed by atoms with Gasteiger partial charge in [0.1, 0.15) is 0 Å². The minimum absolute atomic E-state index is 0.586. The molecule has 0 bridgehead atoms. The Balaban J connectivity index is 1.92. The Kier molecular flexibility index (Phi) is 2.72. The molecule has 2 unspecified atom stereocenters. The van der Waals surface area contributed by atoms with Crippen molar-refractivity contribution in [3.63, 3.8) is 0 Å². The Labute approximate surface area is 103 Å². The predicted octanol–water partition coefficient (Wildman–Crippen LogP) is 4.71. The third kappa shape index (κ3) is 1.78.